The van der Waals surface area contributed by atoms with Crippen molar-refractivity contribution in [3.8, 4) is 0 Å². The van der Waals surface area contributed by atoms with Gasteiger partial charge in [-0.1, -0.05) is 0 Å². The lowest BCUT2D eigenvalue weighted by Crippen LogP contribution is -2.49. The predicted octanol–water partition coefficient (Wildman–Crippen LogP) is 1.84. The second-order valence-corrected chi connectivity index (χ2v) is 4.91. The summed E-state index contributed by atoms with van der Waals surface area (Å²) in [5.74, 6) is -0.223. The van der Waals surface area contributed by atoms with Gasteiger partial charge in [0.05, 0.1) is 19.8 Å². The van der Waals surface area contributed by atoms with E-state index in [1.165, 1.54) is 6.07 Å². The summed E-state index contributed by atoms with van der Waals surface area (Å²) in [7, 11) is 0. The Labute approximate surface area is 113 Å². The summed E-state index contributed by atoms with van der Waals surface area (Å²) in [4.78, 5) is 1.85. The molecule has 3 heterocycles. The fourth-order valence-electron chi connectivity index (χ4n) is 2.56. The summed E-state index contributed by atoms with van der Waals surface area (Å²) in [6.07, 6.45) is -2.84. The van der Waals surface area contributed by atoms with Gasteiger partial charge >= 0.3 is 6.18 Å². The van der Waals surface area contributed by atoms with Crippen LogP contribution in [-0.2, 0) is 15.7 Å². The first-order valence-corrected chi connectivity index (χ1v) is 6.42. The van der Waals surface area contributed by atoms with Gasteiger partial charge in [-0.05, 0) is 18.6 Å². The Kier molecular flexibility index (Phi) is 3.29. The molecular formula is C12H14F3N3O2. The standard InChI is InChI=1S/C12H14F3N3O2/c13-12(14,15)9-2-3-10(17-16-9)18-5-1-4-11(8-18)19-6-7-20-11/h2-3H,1,4-8H2. The summed E-state index contributed by atoms with van der Waals surface area (Å²) < 4.78 is 48.6. The predicted molar refractivity (Wildman–Crippen MR) is 63.1 cm³/mol. The Morgan fingerprint density at radius 1 is 1.15 bits per heavy atom. The number of hydrogen-bond donors (Lipinski definition) is 0. The van der Waals surface area contributed by atoms with Crippen LogP contribution in [0, 0.1) is 0 Å². The highest BCUT2D eigenvalue weighted by Gasteiger charge is 2.41. The summed E-state index contributed by atoms with van der Waals surface area (Å²) in [6.45, 7) is 2.26. The Hall–Kier alpha value is -1.41. The lowest BCUT2D eigenvalue weighted by atomic mass is 10.0. The molecule has 3 rings (SSSR count). The van der Waals surface area contributed by atoms with Crippen molar-refractivity contribution in [3.05, 3.63) is 17.8 Å². The number of ether oxygens (including phenoxy) is 2. The van der Waals surface area contributed by atoms with Crippen LogP contribution in [0.5, 0.6) is 0 Å². The molecule has 110 valence electrons. The highest BCUT2D eigenvalue weighted by atomic mass is 19.4. The van der Waals surface area contributed by atoms with Crippen LogP contribution >= 0.6 is 0 Å². The van der Waals surface area contributed by atoms with Crippen LogP contribution in [0.15, 0.2) is 12.1 Å². The third-order valence-corrected chi connectivity index (χ3v) is 3.50. The zero-order chi connectivity index (χ0) is 14.2. The number of piperidine rings is 1. The molecule has 0 saturated carbocycles. The summed E-state index contributed by atoms with van der Waals surface area (Å²) in [5, 5.41) is 6.91. The lowest BCUT2D eigenvalue weighted by Gasteiger charge is -2.38. The van der Waals surface area contributed by atoms with E-state index in [0.29, 0.717) is 32.1 Å². The van der Waals surface area contributed by atoms with E-state index in [4.69, 9.17) is 9.47 Å². The van der Waals surface area contributed by atoms with Gasteiger partial charge in [0.15, 0.2) is 17.3 Å². The monoisotopic (exact) mass is 289 g/mol. The van der Waals surface area contributed by atoms with E-state index in [0.717, 1.165) is 18.9 Å². The van der Waals surface area contributed by atoms with Crippen LogP contribution in [0.2, 0.25) is 0 Å². The zero-order valence-corrected chi connectivity index (χ0v) is 10.7. The quantitative estimate of drug-likeness (QED) is 0.789. The highest BCUT2D eigenvalue weighted by Crippen LogP contribution is 2.32. The van der Waals surface area contributed by atoms with Gasteiger partial charge in [-0.15, -0.1) is 10.2 Å². The van der Waals surface area contributed by atoms with E-state index in [9.17, 15) is 13.2 Å². The summed E-state index contributed by atoms with van der Waals surface area (Å²) >= 11 is 0. The molecule has 0 amide bonds. The maximum absolute atomic E-state index is 12.4. The van der Waals surface area contributed by atoms with Gasteiger partial charge in [-0.3, -0.25) is 0 Å². The summed E-state index contributed by atoms with van der Waals surface area (Å²) in [5.41, 5.74) is -0.985. The molecule has 8 heteroatoms. The van der Waals surface area contributed by atoms with Crippen molar-refractivity contribution in [1.29, 1.82) is 0 Å². The maximum Gasteiger partial charge on any atom is 0.435 e. The van der Waals surface area contributed by atoms with E-state index in [2.05, 4.69) is 10.2 Å². The Morgan fingerprint density at radius 2 is 1.90 bits per heavy atom. The van der Waals surface area contributed by atoms with Crippen molar-refractivity contribution in [2.24, 2.45) is 0 Å². The largest absolute Gasteiger partial charge is 0.435 e. The molecular weight excluding hydrogens is 275 g/mol. The van der Waals surface area contributed by atoms with E-state index < -0.39 is 17.7 Å². The molecule has 1 aromatic heterocycles. The molecule has 2 fully saturated rings. The first-order valence-electron chi connectivity index (χ1n) is 6.42. The Balaban J connectivity index is 1.75. The Morgan fingerprint density at radius 3 is 2.50 bits per heavy atom. The second-order valence-electron chi connectivity index (χ2n) is 4.91. The fourth-order valence-corrected chi connectivity index (χ4v) is 2.56. The molecule has 0 bridgehead atoms. The molecule has 0 aromatic carbocycles. The summed E-state index contributed by atoms with van der Waals surface area (Å²) in [6, 6.07) is 2.28. The SMILES string of the molecule is FC(F)(F)c1ccc(N2CCCC3(C2)OCCO3)nn1. The molecule has 0 unspecified atom stereocenters. The van der Waals surface area contributed by atoms with E-state index >= 15 is 0 Å². The number of hydrogen-bond acceptors (Lipinski definition) is 5. The van der Waals surface area contributed by atoms with Crippen LogP contribution in [-0.4, -0.2) is 42.3 Å². The van der Waals surface area contributed by atoms with Crippen LogP contribution in [0.1, 0.15) is 18.5 Å². The van der Waals surface area contributed by atoms with Gasteiger partial charge in [0.1, 0.15) is 0 Å². The second kappa shape index (κ2) is 4.85. The van der Waals surface area contributed by atoms with Crippen molar-refractivity contribution in [3.63, 3.8) is 0 Å². The Bertz CT molecular complexity index is 472. The normalized spacial score (nSPS) is 22.4. The smallest absolute Gasteiger partial charge is 0.350 e. The minimum atomic E-state index is -4.47. The third-order valence-electron chi connectivity index (χ3n) is 3.50. The van der Waals surface area contributed by atoms with Crippen LogP contribution in [0.25, 0.3) is 0 Å². The van der Waals surface area contributed by atoms with Gasteiger partial charge in [0.2, 0.25) is 0 Å². The minimum absolute atomic E-state index is 0.413. The zero-order valence-electron chi connectivity index (χ0n) is 10.7. The molecule has 0 aliphatic carbocycles. The number of alkyl halides is 3. The molecule has 5 nitrogen and oxygen atoms in total. The molecule has 2 aliphatic heterocycles. The number of anilines is 1. The van der Waals surface area contributed by atoms with Crippen molar-refractivity contribution in [2.75, 3.05) is 31.2 Å². The average Bonchev–Trinajstić information content (AvgIpc) is 2.86. The number of halogens is 3. The molecule has 0 radical (unpaired) electrons. The van der Waals surface area contributed by atoms with Crippen molar-refractivity contribution in [2.45, 2.75) is 24.8 Å². The van der Waals surface area contributed by atoms with Crippen LogP contribution in [0.3, 0.4) is 0 Å². The maximum atomic E-state index is 12.4. The molecule has 2 aliphatic rings. The molecule has 0 N–H and O–H groups in total. The van der Waals surface area contributed by atoms with Crippen LogP contribution < -0.4 is 4.90 Å². The van der Waals surface area contributed by atoms with Crippen molar-refractivity contribution >= 4 is 5.82 Å². The fraction of sp³-hybridized carbons (Fsp3) is 0.667. The van der Waals surface area contributed by atoms with Gasteiger partial charge in [0, 0.05) is 13.0 Å². The van der Waals surface area contributed by atoms with E-state index in [1.54, 1.807) is 0 Å². The van der Waals surface area contributed by atoms with Gasteiger partial charge in [-0.25, -0.2) is 0 Å². The van der Waals surface area contributed by atoms with Gasteiger partial charge < -0.3 is 14.4 Å². The molecule has 0 atom stereocenters. The number of nitrogens with zero attached hydrogens (tertiary/aromatic N) is 3. The minimum Gasteiger partial charge on any atom is -0.350 e. The number of aromatic nitrogens is 2. The van der Waals surface area contributed by atoms with Crippen molar-refractivity contribution < 1.29 is 22.6 Å². The lowest BCUT2D eigenvalue weighted by molar-refractivity contribution is -0.161. The first kappa shape index (κ1) is 13.6. The van der Waals surface area contributed by atoms with Crippen molar-refractivity contribution in [1.82, 2.24) is 10.2 Å². The third kappa shape index (κ3) is 2.57. The van der Waals surface area contributed by atoms with Gasteiger partial charge in [0.25, 0.3) is 0 Å². The molecule has 1 spiro atoms. The van der Waals surface area contributed by atoms with Crippen LogP contribution in [0.4, 0.5) is 19.0 Å². The molecule has 2 saturated heterocycles. The molecule has 1 aromatic rings. The first-order chi connectivity index (χ1) is 9.49. The average molecular weight is 289 g/mol. The van der Waals surface area contributed by atoms with Gasteiger partial charge in [-0.2, -0.15) is 13.2 Å². The topological polar surface area (TPSA) is 47.5 Å². The highest BCUT2D eigenvalue weighted by molar-refractivity contribution is 5.38. The van der Waals surface area contributed by atoms with E-state index in [1.807, 2.05) is 4.90 Å². The molecule has 20 heavy (non-hydrogen) atoms. The number of rotatable bonds is 1. The van der Waals surface area contributed by atoms with E-state index in [-0.39, 0.29) is 0 Å².